The van der Waals surface area contributed by atoms with E-state index in [9.17, 15) is 14.7 Å². The third-order valence-electron chi connectivity index (χ3n) is 2.51. The van der Waals surface area contributed by atoms with Gasteiger partial charge in [0.2, 0.25) is 5.91 Å². The van der Waals surface area contributed by atoms with E-state index in [4.69, 9.17) is 0 Å². The van der Waals surface area contributed by atoms with Crippen molar-refractivity contribution in [3.8, 4) is 0 Å². The highest BCUT2D eigenvalue weighted by molar-refractivity contribution is 6.08. The number of ether oxygens (including phenoxy) is 1. The highest BCUT2D eigenvalue weighted by Gasteiger charge is 2.25. The molecule has 1 aliphatic heterocycles. The van der Waals surface area contributed by atoms with Crippen LogP contribution < -0.4 is 5.32 Å². The second-order valence-corrected chi connectivity index (χ2v) is 3.59. The number of amides is 1. The predicted molar refractivity (Wildman–Crippen MR) is 61.3 cm³/mol. The summed E-state index contributed by atoms with van der Waals surface area (Å²) in [7, 11) is 1.21. The third-order valence-corrected chi connectivity index (χ3v) is 2.51. The van der Waals surface area contributed by atoms with Gasteiger partial charge in [0.25, 0.3) is 0 Å². The number of para-hydroxylation sites is 1. The standard InChI is InChI=1S/C12H11NO4/c1-17-12(16)8-6-10(14)13-9-5-3-2-4-7(9)11(8)15/h2-5,15H,6H2,1H3,(H,13,14). The Morgan fingerprint density at radius 1 is 1.41 bits per heavy atom. The van der Waals surface area contributed by atoms with Gasteiger partial charge >= 0.3 is 5.97 Å². The summed E-state index contributed by atoms with van der Waals surface area (Å²) in [5, 5.41) is 12.6. The first-order valence-corrected chi connectivity index (χ1v) is 5.03. The summed E-state index contributed by atoms with van der Waals surface area (Å²) in [6.45, 7) is 0. The molecule has 17 heavy (non-hydrogen) atoms. The first-order chi connectivity index (χ1) is 8.13. The van der Waals surface area contributed by atoms with Crippen molar-refractivity contribution in [2.75, 3.05) is 12.4 Å². The van der Waals surface area contributed by atoms with E-state index < -0.39 is 5.97 Å². The number of carbonyl (C=O) groups is 2. The van der Waals surface area contributed by atoms with Crippen LogP contribution >= 0.6 is 0 Å². The average Bonchev–Trinajstić information content (AvgIpc) is 2.46. The van der Waals surface area contributed by atoms with Crippen LogP contribution in [-0.4, -0.2) is 24.1 Å². The highest BCUT2D eigenvalue weighted by atomic mass is 16.5. The van der Waals surface area contributed by atoms with E-state index >= 15 is 0 Å². The van der Waals surface area contributed by atoms with Crippen molar-refractivity contribution < 1.29 is 19.4 Å². The Kier molecular flexibility index (Phi) is 2.82. The zero-order chi connectivity index (χ0) is 12.4. The lowest BCUT2D eigenvalue weighted by Gasteiger charge is -2.06. The van der Waals surface area contributed by atoms with Crippen molar-refractivity contribution >= 4 is 23.3 Å². The fourth-order valence-corrected chi connectivity index (χ4v) is 1.69. The largest absolute Gasteiger partial charge is 0.507 e. The Hall–Kier alpha value is -2.30. The summed E-state index contributed by atoms with van der Waals surface area (Å²) in [5.74, 6) is -1.28. The molecule has 0 fully saturated rings. The van der Waals surface area contributed by atoms with Gasteiger partial charge in [0.15, 0.2) is 0 Å². The summed E-state index contributed by atoms with van der Waals surface area (Å²) in [5.41, 5.74) is 0.864. The van der Waals surface area contributed by atoms with Crippen molar-refractivity contribution in [1.29, 1.82) is 0 Å². The van der Waals surface area contributed by atoms with Gasteiger partial charge < -0.3 is 15.2 Å². The summed E-state index contributed by atoms with van der Waals surface area (Å²) in [6, 6.07) is 6.72. The van der Waals surface area contributed by atoms with Gasteiger partial charge in [-0.1, -0.05) is 12.1 Å². The molecule has 0 radical (unpaired) electrons. The van der Waals surface area contributed by atoms with Crippen LogP contribution in [0.1, 0.15) is 12.0 Å². The third kappa shape index (κ3) is 1.99. The Morgan fingerprint density at radius 2 is 2.12 bits per heavy atom. The Bertz CT molecular complexity index is 519. The minimum Gasteiger partial charge on any atom is -0.507 e. The second kappa shape index (κ2) is 4.29. The maximum absolute atomic E-state index is 11.6. The van der Waals surface area contributed by atoms with Crippen LogP contribution in [0.2, 0.25) is 0 Å². The number of aliphatic hydroxyl groups is 1. The van der Waals surface area contributed by atoms with Gasteiger partial charge in [0.05, 0.1) is 24.8 Å². The molecule has 1 aromatic rings. The molecule has 0 bridgehead atoms. The number of nitrogens with one attached hydrogen (secondary N) is 1. The van der Waals surface area contributed by atoms with Gasteiger partial charge in [-0.05, 0) is 12.1 Å². The molecule has 1 aromatic carbocycles. The van der Waals surface area contributed by atoms with E-state index in [0.717, 1.165) is 0 Å². The van der Waals surface area contributed by atoms with Crippen LogP contribution in [-0.2, 0) is 14.3 Å². The van der Waals surface area contributed by atoms with Crippen LogP contribution in [0.15, 0.2) is 29.8 Å². The van der Waals surface area contributed by atoms with Gasteiger partial charge in [-0.25, -0.2) is 4.79 Å². The molecular weight excluding hydrogens is 222 g/mol. The van der Waals surface area contributed by atoms with E-state index in [1.807, 2.05) is 0 Å². The van der Waals surface area contributed by atoms with E-state index in [0.29, 0.717) is 11.3 Å². The van der Waals surface area contributed by atoms with Gasteiger partial charge in [0.1, 0.15) is 5.76 Å². The fourth-order valence-electron chi connectivity index (χ4n) is 1.69. The molecule has 2 rings (SSSR count). The summed E-state index contributed by atoms with van der Waals surface area (Å²) in [4.78, 5) is 23.0. The molecule has 88 valence electrons. The molecule has 5 nitrogen and oxygen atoms in total. The molecule has 0 atom stereocenters. The van der Waals surface area contributed by atoms with Gasteiger partial charge in [-0.2, -0.15) is 0 Å². The lowest BCUT2D eigenvalue weighted by molar-refractivity contribution is -0.137. The normalized spacial score (nSPS) is 14.8. The number of rotatable bonds is 1. The SMILES string of the molecule is COC(=O)C1=C(O)c2ccccc2NC(=O)C1. The minimum atomic E-state index is -0.700. The molecule has 1 amide bonds. The molecular formula is C12H11NO4. The predicted octanol–water partition coefficient (Wildman–Crippen LogP) is 1.47. The molecule has 0 saturated carbocycles. The zero-order valence-electron chi connectivity index (χ0n) is 9.19. The number of hydrogen-bond acceptors (Lipinski definition) is 4. The zero-order valence-corrected chi connectivity index (χ0v) is 9.19. The highest BCUT2D eigenvalue weighted by Crippen LogP contribution is 2.29. The van der Waals surface area contributed by atoms with Crippen molar-refractivity contribution in [3.05, 3.63) is 35.4 Å². The number of aliphatic hydroxyl groups excluding tert-OH is 1. The Morgan fingerprint density at radius 3 is 2.82 bits per heavy atom. The van der Waals surface area contributed by atoms with Crippen LogP contribution in [0.4, 0.5) is 5.69 Å². The van der Waals surface area contributed by atoms with Gasteiger partial charge in [-0.3, -0.25) is 4.79 Å². The van der Waals surface area contributed by atoms with E-state index in [1.54, 1.807) is 24.3 Å². The molecule has 1 aliphatic rings. The molecule has 0 unspecified atom stereocenters. The fraction of sp³-hybridized carbons (Fsp3) is 0.167. The molecule has 0 saturated heterocycles. The Labute approximate surface area is 97.7 Å². The molecule has 5 heteroatoms. The topological polar surface area (TPSA) is 75.6 Å². The number of methoxy groups -OCH3 is 1. The van der Waals surface area contributed by atoms with E-state index in [2.05, 4.69) is 10.1 Å². The second-order valence-electron chi connectivity index (χ2n) is 3.59. The average molecular weight is 233 g/mol. The first kappa shape index (κ1) is 11.2. The minimum absolute atomic E-state index is 0.0325. The number of hydrogen-bond donors (Lipinski definition) is 2. The molecule has 0 aliphatic carbocycles. The van der Waals surface area contributed by atoms with Crippen LogP contribution in [0, 0.1) is 0 Å². The van der Waals surface area contributed by atoms with Crippen molar-refractivity contribution in [1.82, 2.24) is 0 Å². The van der Waals surface area contributed by atoms with E-state index in [1.165, 1.54) is 7.11 Å². The Balaban J connectivity index is 2.59. The lowest BCUT2D eigenvalue weighted by atomic mass is 10.1. The number of anilines is 1. The monoisotopic (exact) mass is 233 g/mol. The van der Waals surface area contributed by atoms with Crippen molar-refractivity contribution in [2.24, 2.45) is 0 Å². The molecule has 1 heterocycles. The summed E-state index contributed by atoms with van der Waals surface area (Å²) >= 11 is 0. The number of carbonyl (C=O) groups excluding carboxylic acids is 2. The lowest BCUT2D eigenvalue weighted by Crippen LogP contribution is -2.14. The van der Waals surface area contributed by atoms with Crippen LogP contribution in [0.3, 0.4) is 0 Å². The number of benzene rings is 1. The van der Waals surface area contributed by atoms with Crippen molar-refractivity contribution in [3.63, 3.8) is 0 Å². The molecule has 0 spiro atoms. The van der Waals surface area contributed by atoms with Crippen molar-refractivity contribution in [2.45, 2.75) is 6.42 Å². The number of fused-ring (bicyclic) bond motifs is 1. The maximum atomic E-state index is 11.6. The summed E-state index contributed by atoms with van der Waals surface area (Å²) < 4.78 is 4.54. The first-order valence-electron chi connectivity index (χ1n) is 5.03. The summed E-state index contributed by atoms with van der Waals surface area (Å²) in [6.07, 6.45) is -0.201. The maximum Gasteiger partial charge on any atom is 0.338 e. The molecule has 2 N–H and O–H groups in total. The quantitative estimate of drug-likeness (QED) is 0.720. The van der Waals surface area contributed by atoms with Gasteiger partial charge in [0, 0.05) is 5.56 Å². The van der Waals surface area contributed by atoms with Gasteiger partial charge in [-0.15, -0.1) is 0 Å². The van der Waals surface area contributed by atoms with Crippen LogP contribution in [0.25, 0.3) is 5.76 Å². The molecule has 0 aromatic heterocycles. The van der Waals surface area contributed by atoms with Crippen LogP contribution in [0.5, 0.6) is 0 Å². The van der Waals surface area contributed by atoms with E-state index in [-0.39, 0.29) is 23.7 Å². The smallest absolute Gasteiger partial charge is 0.338 e. The number of esters is 1.